The summed E-state index contributed by atoms with van der Waals surface area (Å²) in [5.41, 5.74) is 1.98. The van der Waals surface area contributed by atoms with Crippen LogP contribution in [0.1, 0.15) is 38.7 Å². The first-order chi connectivity index (χ1) is 17.0. The number of rotatable bonds is 10. The van der Waals surface area contributed by atoms with Crippen LogP contribution in [0.25, 0.3) is 10.9 Å². The molecule has 1 amide bonds. The number of carbonyl (C=O) groups is 1. The van der Waals surface area contributed by atoms with Gasteiger partial charge in [-0.2, -0.15) is 0 Å². The second kappa shape index (κ2) is 12.4. The number of ether oxygens (including phenoxy) is 1. The van der Waals surface area contributed by atoms with E-state index in [1.54, 1.807) is 4.57 Å². The number of carbonyl (C=O) groups excluding carboxylic acids is 1. The molecule has 0 N–H and O–H groups in total. The van der Waals surface area contributed by atoms with Crippen molar-refractivity contribution >= 4 is 28.6 Å². The van der Waals surface area contributed by atoms with Crippen molar-refractivity contribution < 1.29 is 9.53 Å². The molecule has 0 unspecified atom stereocenters. The quantitative estimate of drug-likeness (QED) is 0.231. The van der Waals surface area contributed by atoms with Gasteiger partial charge in [0.15, 0.2) is 5.16 Å². The third kappa shape index (κ3) is 6.95. The van der Waals surface area contributed by atoms with Crippen LogP contribution in [-0.4, -0.2) is 51.9 Å². The Hall–Kier alpha value is -2.64. The minimum Gasteiger partial charge on any atom is -0.379 e. The van der Waals surface area contributed by atoms with Gasteiger partial charge in [-0.1, -0.05) is 54.2 Å². The number of hydrogen-bond acceptors (Lipinski definition) is 5. The predicted octanol–water partition coefficient (Wildman–Crippen LogP) is 4.79. The van der Waals surface area contributed by atoms with Gasteiger partial charge >= 0.3 is 0 Å². The third-order valence-electron chi connectivity index (χ3n) is 6.46. The highest BCUT2D eigenvalue weighted by Gasteiger charge is 2.23. The molecule has 0 atom stereocenters. The molecule has 0 saturated carbocycles. The number of benzene rings is 2. The van der Waals surface area contributed by atoms with E-state index in [-0.39, 0.29) is 23.3 Å². The summed E-state index contributed by atoms with van der Waals surface area (Å²) in [6, 6.07) is 18.0. The highest BCUT2D eigenvalue weighted by molar-refractivity contribution is 7.99. The summed E-state index contributed by atoms with van der Waals surface area (Å²) in [5, 5.41) is 1.21. The van der Waals surface area contributed by atoms with Gasteiger partial charge in [0.05, 0.1) is 22.8 Å². The average molecular weight is 494 g/mol. The minimum absolute atomic E-state index is 0.0585. The Labute approximate surface area is 211 Å². The van der Waals surface area contributed by atoms with Crippen LogP contribution >= 0.6 is 11.8 Å². The topological polar surface area (TPSA) is 64.4 Å². The zero-order valence-corrected chi connectivity index (χ0v) is 21.5. The van der Waals surface area contributed by atoms with E-state index in [9.17, 15) is 9.59 Å². The summed E-state index contributed by atoms with van der Waals surface area (Å²) in [6.45, 7) is 6.69. The van der Waals surface area contributed by atoms with Crippen molar-refractivity contribution in [3.8, 4) is 0 Å². The molecule has 1 aliphatic rings. The number of piperidine rings is 1. The van der Waals surface area contributed by atoms with E-state index in [2.05, 4.69) is 24.3 Å². The maximum atomic E-state index is 13.2. The van der Waals surface area contributed by atoms with Crippen molar-refractivity contribution in [3.05, 3.63) is 70.5 Å². The number of hydrogen-bond donors (Lipinski definition) is 0. The van der Waals surface area contributed by atoms with Crippen molar-refractivity contribution in [1.29, 1.82) is 0 Å². The van der Waals surface area contributed by atoms with Crippen LogP contribution < -0.4 is 5.56 Å². The lowest BCUT2D eigenvalue weighted by Crippen LogP contribution is -2.40. The average Bonchev–Trinajstić information content (AvgIpc) is 2.87. The lowest BCUT2D eigenvalue weighted by atomic mass is 9.90. The Kier molecular flexibility index (Phi) is 8.99. The van der Waals surface area contributed by atoms with E-state index in [4.69, 9.17) is 9.72 Å². The minimum atomic E-state index is -0.0585. The van der Waals surface area contributed by atoms with E-state index in [0.717, 1.165) is 32.4 Å². The van der Waals surface area contributed by atoms with Crippen LogP contribution in [0.15, 0.2) is 64.5 Å². The molecule has 1 aliphatic heterocycles. The number of thioether (sulfide) groups is 1. The largest absolute Gasteiger partial charge is 0.379 e. The third-order valence-corrected chi connectivity index (χ3v) is 7.42. The molecule has 2 heterocycles. The molecule has 0 spiro atoms. The molecule has 35 heavy (non-hydrogen) atoms. The molecular formula is C28H35N3O3S. The number of amides is 1. The Morgan fingerprint density at radius 1 is 1.09 bits per heavy atom. The Morgan fingerprint density at radius 3 is 2.54 bits per heavy atom. The maximum absolute atomic E-state index is 13.2. The van der Waals surface area contributed by atoms with Gasteiger partial charge in [0.1, 0.15) is 0 Å². The fourth-order valence-electron chi connectivity index (χ4n) is 4.55. The van der Waals surface area contributed by atoms with Gasteiger partial charge in [-0.15, -0.1) is 0 Å². The zero-order valence-electron chi connectivity index (χ0n) is 20.7. The van der Waals surface area contributed by atoms with Crippen molar-refractivity contribution in [2.75, 3.05) is 25.4 Å². The van der Waals surface area contributed by atoms with Crippen LogP contribution in [0.4, 0.5) is 0 Å². The van der Waals surface area contributed by atoms with Crippen LogP contribution in [0.5, 0.6) is 0 Å². The van der Waals surface area contributed by atoms with E-state index in [1.165, 1.54) is 17.3 Å². The molecule has 6 nitrogen and oxygen atoms in total. The highest BCUT2D eigenvalue weighted by atomic mass is 32.2. The highest BCUT2D eigenvalue weighted by Crippen LogP contribution is 2.24. The molecule has 0 aliphatic carbocycles. The second-order valence-electron chi connectivity index (χ2n) is 9.44. The Bertz CT molecular complexity index is 1170. The molecule has 3 aromatic rings. The summed E-state index contributed by atoms with van der Waals surface area (Å²) < 4.78 is 7.36. The molecule has 1 aromatic heterocycles. The first-order valence-electron chi connectivity index (χ1n) is 12.6. The summed E-state index contributed by atoms with van der Waals surface area (Å²) >= 11 is 1.37. The monoisotopic (exact) mass is 493 g/mol. The fourth-order valence-corrected chi connectivity index (χ4v) is 5.48. The smallest absolute Gasteiger partial charge is 0.262 e. The molecule has 0 radical (unpaired) electrons. The van der Waals surface area contributed by atoms with Gasteiger partial charge in [0.2, 0.25) is 5.91 Å². The van der Waals surface area contributed by atoms with E-state index in [0.29, 0.717) is 41.5 Å². The van der Waals surface area contributed by atoms with E-state index >= 15 is 0 Å². The number of aromatic nitrogens is 2. The maximum Gasteiger partial charge on any atom is 0.262 e. The molecule has 7 heteroatoms. The van der Waals surface area contributed by atoms with Crippen LogP contribution in [0, 0.1) is 5.92 Å². The van der Waals surface area contributed by atoms with Crippen LogP contribution in [0.3, 0.4) is 0 Å². The number of likely N-dealkylation sites (tertiary alicyclic amines) is 1. The summed E-state index contributed by atoms with van der Waals surface area (Å²) in [4.78, 5) is 32.9. The van der Waals surface area contributed by atoms with Gasteiger partial charge in [0, 0.05) is 26.2 Å². The van der Waals surface area contributed by atoms with Crippen molar-refractivity contribution in [2.45, 2.75) is 57.3 Å². The molecule has 0 bridgehead atoms. The molecule has 1 fully saturated rings. The standard InChI is InChI=1S/C28H35N3O3S/c1-21(2)34-18-8-15-31-27(33)24-11-6-7-12-25(24)29-28(31)35-20-26(32)30-16-13-23(14-17-30)19-22-9-4-3-5-10-22/h3-7,9-12,21,23H,8,13-20H2,1-2H3. The summed E-state index contributed by atoms with van der Waals surface area (Å²) in [7, 11) is 0. The van der Waals surface area contributed by atoms with Crippen LogP contribution in [0.2, 0.25) is 0 Å². The molecule has 2 aromatic carbocycles. The van der Waals surface area contributed by atoms with Crippen molar-refractivity contribution in [1.82, 2.24) is 14.5 Å². The molecule has 186 valence electrons. The number of nitrogens with zero attached hydrogens (tertiary/aromatic N) is 3. The van der Waals surface area contributed by atoms with Gasteiger partial charge in [-0.05, 0) is 63.1 Å². The molecule has 1 saturated heterocycles. The Morgan fingerprint density at radius 2 is 1.80 bits per heavy atom. The first kappa shape index (κ1) is 25.5. The van der Waals surface area contributed by atoms with Gasteiger partial charge in [-0.3, -0.25) is 14.2 Å². The Balaban J connectivity index is 1.37. The van der Waals surface area contributed by atoms with Gasteiger partial charge in [-0.25, -0.2) is 4.98 Å². The summed E-state index contributed by atoms with van der Waals surface area (Å²) in [6.07, 6.45) is 4.00. The lowest BCUT2D eigenvalue weighted by Gasteiger charge is -2.32. The SMILES string of the molecule is CC(C)OCCCn1c(SCC(=O)N2CCC(Cc3ccccc3)CC2)nc2ccccc2c1=O. The van der Waals surface area contributed by atoms with E-state index < -0.39 is 0 Å². The van der Waals surface area contributed by atoms with Crippen molar-refractivity contribution in [3.63, 3.8) is 0 Å². The van der Waals surface area contributed by atoms with Gasteiger partial charge < -0.3 is 9.64 Å². The predicted molar refractivity (Wildman–Crippen MR) is 142 cm³/mol. The molecular weight excluding hydrogens is 458 g/mol. The fraction of sp³-hybridized carbons (Fsp3) is 0.464. The van der Waals surface area contributed by atoms with Crippen molar-refractivity contribution in [2.24, 2.45) is 5.92 Å². The second-order valence-corrected chi connectivity index (χ2v) is 10.4. The molecule has 4 rings (SSSR count). The number of para-hydroxylation sites is 1. The zero-order chi connectivity index (χ0) is 24.6. The lowest BCUT2D eigenvalue weighted by molar-refractivity contribution is -0.129. The van der Waals surface area contributed by atoms with Crippen LogP contribution in [-0.2, 0) is 22.5 Å². The van der Waals surface area contributed by atoms with Gasteiger partial charge in [0.25, 0.3) is 5.56 Å². The summed E-state index contributed by atoms with van der Waals surface area (Å²) in [5.74, 6) is 1.02. The normalized spacial score (nSPS) is 14.7. The number of fused-ring (bicyclic) bond motifs is 1. The van der Waals surface area contributed by atoms with E-state index in [1.807, 2.05) is 49.1 Å². The first-order valence-corrected chi connectivity index (χ1v) is 13.6.